The molecule has 1 atom stereocenters. The van der Waals surface area contributed by atoms with E-state index in [1.54, 1.807) is 13.8 Å². The zero-order chi connectivity index (χ0) is 16.4. The molecule has 0 aliphatic rings. The summed E-state index contributed by atoms with van der Waals surface area (Å²) < 4.78 is 51.5. The van der Waals surface area contributed by atoms with Gasteiger partial charge in [-0.1, -0.05) is 19.9 Å². The molecule has 2 nitrogen and oxygen atoms in total. The third kappa shape index (κ3) is 3.74. The van der Waals surface area contributed by atoms with E-state index in [0.717, 1.165) is 6.07 Å². The van der Waals surface area contributed by atoms with Crippen LogP contribution in [0, 0.1) is 5.82 Å². The summed E-state index contributed by atoms with van der Waals surface area (Å²) in [5, 5.41) is 10.4. The largest absolute Gasteiger partial charge is 0.419 e. The number of nitrogens with zero attached hydrogens (tertiary/aromatic N) is 1. The van der Waals surface area contributed by atoms with Crippen LogP contribution in [0.4, 0.5) is 17.6 Å². The van der Waals surface area contributed by atoms with E-state index in [-0.39, 0.29) is 5.56 Å². The number of alkyl halides is 3. The average Bonchev–Trinajstić information content (AvgIpc) is 2.38. The minimum Gasteiger partial charge on any atom is -0.386 e. The third-order valence-electron chi connectivity index (χ3n) is 3.86. The SMILES string of the molecule is CCN(CC)C(C)(C)C(O)c1ccc(F)c(C(F)(F)F)c1. The summed E-state index contributed by atoms with van der Waals surface area (Å²) in [6, 6.07) is 2.63. The molecule has 0 saturated heterocycles. The highest BCUT2D eigenvalue weighted by Crippen LogP contribution is 2.36. The van der Waals surface area contributed by atoms with Crippen molar-refractivity contribution in [3.8, 4) is 0 Å². The Morgan fingerprint density at radius 3 is 2.10 bits per heavy atom. The number of aliphatic hydroxyl groups excluding tert-OH is 1. The zero-order valence-corrected chi connectivity index (χ0v) is 12.6. The molecule has 1 aromatic rings. The number of benzene rings is 1. The van der Waals surface area contributed by atoms with Crippen LogP contribution in [0.2, 0.25) is 0 Å². The highest BCUT2D eigenvalue weighted by Gasteiger charge is 2.38. The Labute approximate surface area is 122 Å². The zero-order valence-electron chi connectivity index (χ0n) is 12.6. The predicted molar refractivity (Wildman–Crippen MR) is 73.4 cm³/mol. The fraction of sp³-hybridized carbons (Fsp3) is 0.600. The van der Waals surface area contributed by atoms with Crippen molar-refractivity contribution in [3.63, 3.8) is 0 Å². The van der Waals surface area contributed by atoms with Gasteiger partial charge in [0, 0.05) is 5.54 Å². The molecule has 0 amide bonds. The lowest BCUT2D eigenvalue weighted by atomic mass is 9.88. The first-order valence-corrected chi connectivity index (χ1v) is 6.85. The number of aliphatic hydroxyl groups is 1. The van der Waals surface area contributed by atoms with Gasteiger partial charge in [0.15, 0.2) is 0 Å². The highest BCUT2D eigenvalue weighted by molar-refractivity contribution is 5.30. The van der Waals surface area contributed by atoms with E-state index < -0.39 is 29.2 Å². The van der Waals surface area contributed by atoms with Gasteiger partial charge in [-0.15, -0.1) is 0 Å². The van der Waals surface area contributed by atoms with Crippen LogP contribution in [0.5, 0.6) is 0 Å². The summed E-state index contributed by atoms with van der Waals surface area (Å²) in [4.78, 5) is 1.94. The lowest BCUT2D eigenvalue weighted by Gasteiger charge is -2.41. The van der Waals surface area contributed by atoms with Crippen molar-refractivity contribution >= 4 is 0 Å². The fourth-order valence-corrected chi connectivity index (χ4v) is 2.55. The smallest absolute Gasteiger partial charge is 0.386 e. The quantitative estimate of drug-likeness (QED) is 0.831. The molecule has 0 aliphatic heterocycles. The van der Waals surface area contributed by atoms with Crippen molar-refractivity contribution in [2.75, 3.05) is 13.1 Å². The van der Waals surface area contributed by atoms with Crippen LogP contribution in [-0.2, 0) is 6.18 Å². The maximum absolute atomic E-state index is 13.3. The molecule has 0 aliphatic carbocycles. The molecule has 0 radical (unpaired) electrons. The van der Waals surface area contributed by atoms with Crippen molar-refractivity contribution < 1.29 is 22.7 Å². The van der Waals surface area contributed by atoms with Crippen LogP contribution < -0.4 is 0 Å². The number of rotatable bonds is 5. The molecule has 1 aromatic carbocycles. The summed E-state index contributed by atoms with van der Waals surface area (Å²) in [6.07, 6.45) is -5.93. The molecular formula is C15H21F4NO. The van der Waals surface area contributed by atoms with E-state index >= 15 is 0 Å². The van der Waals surface area contributed by atoms with Gasteiger partial charge in [-0.2, -0.15) is 13.2 Å². The molecule has 0 aromatic heterocycles. The van der Waals surface area contributed by atoms with Crippen molar-refractivity contribution in [3.05, 3.63) is 35.1 Å². The standard InChI is InChI=1S/C15H21F4NO/c1-5-20(6-2)14(3,4)13(21)10-7-8-12(16)11(9-10)15(17,18)19/h7-9,13,21H,5-6H2,1-4H3. The second kappa shape index (κ2) is 6.32. The van der Waals surface area contributed by atoms with Gasteiger partial charge in [-0.25, -0.2) is 4.39 Å². The van der Waals surface area contributed by atoms with Crippen LogP contribution in [-0.4, -0.2) is 28.6 Å². The van der Waals surface area contributed by atoms with Crippen molar-refractivity contribution in [2.45, 2.75) is 45.5 Å². The van der Waals surface area contributed by atoms with Crippen LogP contribution in [0.1, 0.15) is 44.9 Å². The van der Waals surface area contributed by atoms with Gasteiger partial charge in [0.25, 0.3) is 0 Å². The Hall–Kier alpha value is -1.14. The third-order valence-corrected chi connectivity index (χ3v) is 3.86. The average molecular weight is 307 g/mol. The van der Waals surface area contributed by atoms with Gasteiger partial charge < -0.3 is 5.11 Å². The summed E-state index contributed by atoms with van der Waals surface area (Å²) >= 11 is 0. The van der Waals surface area contributed by atoms with E-state index in [4.69, 9.17) is 0 Å². The van der Waals surface area contributed by atoms with Gasteiger partial charge in [0.2, 0.25) is 0 Å². The van der Waals surface area contributed by atoms with E-state index in [9.17, 15) is 22.7 Å². The minimum absolute atomic E-state index is 0.0561. The van der Waals surface area contributed by atoms with Crippen molar-refractivity contribution in [1.29, 1.82) is 0 Å². The number of likely N-dealkylation sites (N-methyl/N-ethyl adjacent to an activating group) is 1. The van der Waals surface area contributed by atoms with Crippen molar-refractivity contribution in [1.82, 2.24) is 4.90 Å². The lowest BCUT2D eigenvalue weighted by Crippen LogP contribution is -2.48. The molecule has 0 spiro atoms. The molecule has 6 heteroatoms. The first kappa shape index (κ1) is 17.9. The lowest BCUT2D eigenvalue weighted by molar-refractivity contribution is -0.140. The maximum Gasteiger partial charge on any atom is 0.419 e. The predicted octanol–water partition coefficient (Wildman–Crippen LogP) is 4.00. The molecule has 120 valence electrons. The number of hydrogen-bond donors (Lipinski definition) is 1. The summed E-state index contributed by atoms with van der Waals surface area (Å²) in [5.74, 6) is -1.33. The molecular weight excluding hydrogens is 286 g/mol. The van der Waals surface area contributed by atoms with Gasteiger partial charge in [-0.3, -0.25) is 4.90 Å². The summed E-state index contributed by atoms with van der Waals surface area (Å²) in [7, 11) is 0. The molecule has 0 heterocycles. The first-order chi connectivity index (χ1) is 9.55. The Morgan fingerprint density at radius 2 is 1.67 bits per heavy atom. The maximum atomic E-state index is 13.3. The number of hydrogen-bond acceptors (Lipinski definition) is 2. The van der Waals surface area contributed by atoms with Crippen LogP contribution >= 0.6 is 0 Å². The van der Waals surface area contributed by atoms with E-state index in [1.807, 2.05) is 18.7 Å². The molecule has 21 heavy (non-hydrogen) atoms. The van der Waals surface area contributed by atoms with E-state index in [0.29, 0.717) is 19.2 Å². The van der Waals surface area contributed by atoms with Gasteiger partial charge in [-0.05, 0) is 44.6 Å². The first-order valence-electron chi connectivity index (χ1n) is 6.85. The van der Waals surface area contributed by atoms with Gasteiger partial charge >= 0.3 is 6.18 Å². The minimum atomic E-state index is -4.78. The van der Waals surface area contributed by atoms with Crippen LogP contribution in [0.15, 0.2) is 18.2 Å². The topological polar surface area (TPSA) is 23.5 Å². The monoisotopic (exact) mass is 307 g/mol. The van der Waals surface area contributed by atoms with E-state index in [1.165, 1.54) is 6.07 Å². The van der Waals surface area contributed by atoms with Gasteiger partial charge in [0.05, 0.1) is 11.7 Å². The number of halogens is 4. The normalized spacial score (nSPS) is 14.6. The Bertz CT molecular complexity index is 481. The van der Waals surface area contributed by atoms with E-state index in [2.05, 4.69) is 0 Å². The molecule has 0 fully saturated rings. The Kier molecular flexibility index (Phi) is 5.39. The van der Waals surface area contributed by atoms with Crippen LogP contribution in [0.3, 0.4) is 0 Å². The molecule has 1 unspecified atom stereocenters. The van der Waals surface area contributed by atoms with Crippen LogP contribution in [0.25, 0.3) is 0 Å². The van der Waals surface area contributed by atoms with Crippen molar-refractivity contribution in [2.24, 2.45) is 0 Å². The summed E-state index contributed by atoms with van der Waals surface area (Å²) in [5.41, 5.74) is -2.06. The Balaban J connectivity index is 3.22. The molecule has 0 bridgehead atoms. The highest BCUT2D eigenvalue weighted by atomic mass is 19.4. The summed E-state index contributed by atoms with van der Waals surface area (Å²) in [6.45, 7) is 8.61. The fourth-order valence-electron chi connectivity index (χ4n) is 2.55. The second-order valence-corrected chi connectivity index (χ2v) is 5.47. The van der Waals surface area contributed by atoms with Gasteiger partial charge in [0.1, 0.15) is 5.82 Å². The Morgan fingerprint density at radius 1 is 1.14 bits per heavy atom. The second-order valence-electron chi connectivity index (χ2n) is 5.47. The molecule has 1 N–H and O–H groups in total. The molecule has 1 rings (SSSR count). The molecule has 0 saturated carbocycles.